The number of imide groups is 2. The third-order valence-corrected chi connectivity index (χ3v) is 17.5. The van der Waals surface area contributed by atoms with E-state index in [-0.39, 0.29) is 12.8 Å². The van der Waals surface area contributed by atoms with E-state index in [9.17, 15) is 23.7 Å². The van der Waals surface area contributed by atoms with Crippen LogP contribution in [0.1, 0.15) is 59.2 Å². The topological polar surface area (TPSA) is 190 Å². The number of amides is 4. The highest BCUT2D eigenvalue weighted by Gasteiger charge is 2.45. The summed E-state index contributed by atoms with van der Waals surface area (Å²) in [6.45, 7) is 11.0. The maximum Gasteiger partial charge on any atom is 0.262 e. The van der Waals surface area contributed by atoms with E-state index < -0.39 is 36.8 Å². The zero-order valence-electron chi connectivity index (χ0n) is 43.2. The molecule has 4 aromatic carbocycles. The molecule has 394 valence electrons. The van der Waals surface area contributed by atoms with Gasteiger partial charge in [0.1, 0.15) is 24.0 Å². The third kappa shape index (κ3) is 10.3. The normalized spacial score (nSPS) is 19.3. The van der Waals surface area contributed by atoms with Crippen LogP contribution < -0.4 is 35.8 Å². The van der Waals surface area contributed by atoms with Gasteiger partial charge in [0, 0.05) is 118 Å². The predicted octanol–water partition coefficient (Wildman–Crippen LogP) is 7.60. The van der Waals surface area contributed by atoms with Gasteiger partial charge in [-0.25, -0.2) is 4.98 Å². The van der Waals surface area contributed by atoms with Gasteiger partial charge in [0.05, 0.1) is 42.0 Å². The number of fused-ring (bicyclic) bond motifs is 1. The summed E-state index contributed by atoms with van der Waals surface area (Å²) in [7, 11) is 0.837. The van der Waals surface area contributed by atoms with E-state index in [0.29, 0.717) is 62.4 Å². The van der Waals surface area contributed by atoms with E-state index in [1.54, 1.807) is 43.5 Å². The second kappa shape index (κ2) is 21.1. The first-order valence-electron chi connectivity index (χ1n) is 26.1. The van der Waals surface area contributed by atoms with E-state index in [1.165, 1.54) is 0 Å². The van der Waals surface area contributed by atoms with Crippen molar-refractivity contribution in [2.75, 3.05) is 93.2 Å². The Kier molecular flexibility index (Phi) is 14.2. The molecule has 1 unspecified atom stereocenters. The number of aryl methyl sites for hydroxylation is 1. The van der Waals surface area contributed by atoms with Crippen LogP contribution in [0.15, 0.2) is 97.5 Å². The molecule has 0 bridgehead atoms. The summed E-state index contributed by atoms with van der Waals surface area (Å²) in [6.07, 6.45) is 9.73. The van der Waals surface area contributed by atoms with Gasteiger partial charge in [-0.15, -0.1) is 0 Å². The number of carbonyl (C=O) groups excluding carboxylic acids is 4. The Morgan fingerprint density at radius 3 is 2.03 bits per heavy atom. The van der Waals surface area contributed by atoms with Crippen LogP contribution in [0.4, 0.5) is 34.5 Å². The van der Waals surface area contributed by atoms with Crippen molar-refractivity contribution in [2.45, 2.75) is 56.7 Å². The molecule has 76 heavy (non-hydrogen) atoms. The number of benzene rings is 4. The number of aromatic nitrogens is 4. The highest BCUT2D eigenvalue weighted by atomic mass is 35.5. The van der Waals surface area contributed by atoms with Crippen LogP contribution in [0, 0.1) is 0 Å². The number of piperidine rings is 3. The lowest BCUT2D eigenvalue weighted by molar-refractivity contribution is -0.136. The molecule has 2 aromatic heterocycles. The number of methoxy groups -OCH3 is 1. The zero-order valence-corrected chi connectivity index (χ0v) is 44.8. The monoisotopic (exact) mass is 1060 g/mol. The molecule has 5 aliphatic rings. The molecule has 0 saturated carbocycles. The van der Waals surface area contributed by atoms with Gasteiger partial charge in [-0.1, -0.05) is 48.0 Å². The zero-order chi connectivity index (χ0) is 52.8. The molecule has 4 amide bonds. The number of ether oxygens (including phenoxy) is 1. The van der Waals surface area contributed by atoms with Crippen molar-refractivity contribution >= 4 is 82.2 Å². The Hall–Kier alpha value is -7.11. The Bertz CT molecular complexity index is 3270. The molecule has 0 spiro atoms. The molecule has 3 N–H and O–H groups in total. The van der Waals surface area contributed by atoms with Gasteiger partial charge >= 0.3 is 0 Å². The van der Waals surface area contributed by atoms with Gasteiger partial charge in [-0.2, -0.15) is 10.1 Å². The number of nitrogens with zero attached hydrogens (tertiary/aromatic N) is 9. The van der Waals surface area contributed by atoms with Crippen molar-refractivity contribution in [3.63, 3.8) is 0 Å². The second-order valence-corrected chi connectivity index (χ2v) is 24.3. The summed E-state index contributed by atoms with van der Waals surface area (Å²) in [4.78, 5) is 71.5. The third-order valence-electron chi connectivity index (χ3n) is 15.7. The smallest absolute Gasteiger partial charge is 0.262 e. The number of halogens is 1. The maximum absolute atomic E-state index is 13.7. The number of hydrogen-bond donors (Lipinski definition) is 3. The van der Waals surface area contributed by atoms with Crippen molar-refractivity contribution in [3.05, 3.63) is 114 Å². The van der Waals surface area contributed by atoms with Gasteiger partial charge in [0.25, 0.3) is 11.8 Å². The summed E-state index contributed by atoms with van der Waals surface area (Å²) in [6, 6.07) is 25.4. The van der Waals surface area contributed by atoms with Crippen molar-refractivity contribution in [1.82, 2.24) is 39.8 Å². The van der Waals surface area contributed by atoms with Crippen LogP contribution in [-0.2, 0) is 21.2 Å². The van der Waals surface area contributed by atoms with Crippen LogP contribution >= 0.6 is 18.7 Å². The molecule has 4 saturated heterocycles. The summed E-state index contributed by atoms with van der Waals surface area (Å²) in [5, 5.41) is 14.6. The lowest BCUT2D eigenvalue weighted by Gasteiger charge is -2.46. The van der Waals surface area contributed by atoms with Crippen molar-refractivity contribution in [3.8, 4) is 28.0 Å². The fourth-order valence-electron chi connectivity index (χ4n) is 11.6. The molecule has 1 atom stereocenters. The Balaban J connectivity index is 0.715. The van der Waals surface area contributed by atoms with Gasteiger partial charge in [0.15, 0.2) is 5.82 Å². The Labute approximate surface area is 447 Å². The largest absolute Gasteiger partial charge is 0.494 e. The average Bonchev–Trinajstić information content (AvgIpc) is 4.01. The minimum absolute atomic E-state index is 0.0893. The molecule has 5 aliphatic heterocycles. The minimum atomic E-state index is -2.74. The fourth-order valence-corrected chi connectivity index (χ4v) is 12.9. The van der Waals surface area contributed by atoms with E-state index in [2.05, 4.69) is 57.8 Å². The molecule has 7 heterocycles. The Morgan fingerprint density at radius 1 is 0.697 bits per heavy atom. The summed E-state index contributed by atoms with van der Waals surface area (Å²) in [5.41, 5.74) is 7.88. The van der Waals surface area contributed by atoms with Crippen molar-refractivity contribution < 1.29 is 28.5 Å². The van der Waals surface area contributed by atoms with Gasteiger partial charge in [-0.05, 0) is 93.0 Å². The summed E-state index contributed by atoms with van der Waals surface area (Å²) >= 11 is 6.72. The first-order chi connectivity index (χ1) is 36.7. The minimum Gasteiger partial charge on any atom is -0.494 e. The van der Waals surface area contributed by atoms with E-state index in [0.717, 1.165) is 117 Å². The number of anilines is 6. The standard InChI is InChI=1S/C56H62ClN12O6P/c1-64-34-37(32-59-64)42-30-46(61-56-58-33-44(57)52(63-56)60-45-13-10-36(28-50(45)76(3,4)74)35-8-6-5-7-9-35)49(75-2)31-48(42)68-22-18-39(19-23-68)67-26-24-66(25-27-67)38-16-20-65(21-17-38)40-11-12-41-43(29-40)55(73)69(54(41)72)47-14-15-51(70)62-53(47)71/h5-13,28-34,38-39,47H,14-27H2,1-4H3,(H,62,70,71)(H2,58,60,61,63). The second-order valence-electron chi connectivity index (χ2n) is 20.7. The van der Waals surface area contributed by atoms with Crippen LogP contribution in [0.3, 0.4) is 0 Å². The molecular formula is C56H62ClN12O6P. The first-order valence-corrected chi connectivity index (χ1v) is 29.0. The molecule has 4 fully saturated rings. The SMILES string of the molecule is COc1cc(N2CCC(N3CCN(C4CCN(c5ccc6c(c5)C(=O)N(C5CCC(=O)NC5=O)C6=O)CC4)CC3)CC2)c(-c2cnn(C)c2)cc1Nc1ncc(Cl)c(Nc2ccc(-c3ccccc3)cc2P(C)(C)=O)n1. The number of rotatable bonds is 13. The van der Waals surface area contributed by atoms with Gasteiger partial charge in [-0.3, -0.25) is 43.9 Å². The number of piperazine rings is 1. The maximum atomic E-state index is 13.7. The lowest BCUT2D eigenvalue weighted by Crippen LogP contribution is -2.56. The average molecular weight is 1070 g/mol. The molecule has 11 rings (SSSR count). The molecular weight excluding hydrogens is 1000 g/mol. The lowest BCUT2D eigenvalue weighted by atomic mass is 9.97. The Morgan fingerprint density at radius 2 is 1.38 bits per heavy atom. The van der Waals surface area contributed by atoms with Crippen LogP contribution in [-0.4, -0.2) is 149 Å². The van der Waals surface area contributed by atoms with E-state index in [4.69, 9.17) is 21.3 Å². The predicted molar refractivity (Wildman–Crippen MR) is 296 cm³/mol. The molecule has 0 aliphatic carbocycles. The number of carbonyl (C=O) groups is 4. The van der Waals surface area contributed by atoms with Crippen LogP contribution in [0.5, 0.6) is 5.75 Å². The van der Waals surface area contributed by atoms with Crippen LogP contribution in [0.25, 0.3) is 22.3 Å². The highest BCUT2D eigenvalue weighted by molar-refractivity contribution is 7.70. The first kappa shape index (κ1) is 51.0. The fraction of sp³-hybridized carbons (Fsp3) is 0.375. The molecule has 6 aromatic rings. The molecule has 20 heteroatoms. The van der Waals surface area contributed by atoms with Crippen molar-refractivity contribution in [2.24, 2.45) is 7.05 Å². The number of nitrogens with one attached hydrogen (secondary N) is 3. The summed E-state index contributed by atoms with van der Waals surface area (Å²) < 4.78 is 21.5. The van der Waals surface area contributed by atoms with Gasteiger partial charge < -0.3 is 29.7 Å². The van der Waals surface area contributed by atoms with E-state index >= 15 is 0 Å². The van der Waals surface area contributed by atoms with Gasteiger partial charge in [0.2, 0.25) is 17.8 Å². The van der Waals surface area contributed by atoms with Crippen LogP contribution in [0.2, 0.25) is 5.02 Å². The van der Waals surface area contributed by atoms with E-state index in [1.807, 2.05) is 74.0 Å². The highest BCUT2D eigenvalue weighted by Crippen LogP contribution is 2.43. The van der Waals surface area contributed by atoms with Crippen molar-refractivity contribution in [1.29, 1.82) is 0 Å². The molecule has 18 nitrogen and oxygen atoms in total. The molecule has 0 radical (unpaired) electrons. The quantitative estimate of drug-likeness (QED) is 0.0757. The summed E-state index contributed by atoms with van der Waals surface area (Å²) in [5.74, 6) is -0.658. The number of hydrogen-bond acceptors (Lipinski definition) is 15.